The average Bonchev–Trinajstić information content (AvgIpc) is 3.09. The Balaban J connectivity index is 2.25. The number of nitrogens with zero attached hydrogens (tertiary/aromatic N) is 3. The zero-order chi connectivity index (χ0) is 29.9. The Hall–Kier alpha value is -1.54. The van der Waals surface area contributed by atoms with E-state index in [1.807, 2.05) is 0 Å². The lowest BCUT2D eigenvalue weighted by molar-refractivity contribution is 0.00578. The number of aromatic nitrogens is 2. The maximum absolute atomic E-state index is 12.9. The predicted molar refractivity (Wildman–Crippen MR) is 104 cm³/mol. The molecule has 3 rings (SSSR count). The van der Waals surface area contributed by atoms with Crippen molar-refractivity contribution in [1.82, 2.24) is 14.7 Å². The molecule has 1 aromatic rings. The third-order valence-corrected chi connectivity index (χ3v) is 4.33. The summed E-state index contributed by atoms with van der Waals surface area (Å²) in [6.07, 6.45) is -10.2. The minimum Gasteiger partial charge on any atom is -0.444 e. The second kappa shape index (κ2) is 6.81. The molecular weight excluding hydrogens is 345 g/mol. The number of piperidine rings is 1. The largest absolute Gasteiger partial charge is 0.516 e. The first-order valence-electron chi connectivity index (χ1n) is 14.1. The van der Waals surface area contributed by atoms with Crippen LogP contribution in [0.2, 0.25) is 0 Å². The zero-order valence-electron chi connectivity index (χ0n) is 27.6. The fourth-order valence-electron chi connectivity index (χ4n) is 2.22. The first-order valence-corrected chi connectivity index (χ1v) is 8.57. The number of ether oxygens (including phenoxy) is 1. The Bertz CT molecular complexity index is 1110. The van der Waals surface area contributed by atoms with Crippen LogP contribution in [0.4, 0.5) is 4.79 Å². The molecule has 0 spiro atoms. The van der Waals surface area contributed by atoms with Crippen LogP contribution in [0, 0.1) is 0 Å². The minimum absolute atomic E-state index is 0.123. The molecule has 1 aromatic heterocycles. The molecule has 0 bridgehead atoms. The number of hydrogen-bond acceptors (Lipinski definition) is 5. The molecule has 8 heteroatoms. The smallest absolute Gasteiger partial charge is 0.444 e. The van der Waals surface area contributed by atoms with Crippen LogP contribution >= 0.6 is 0 Å². The molecule has 1 amide bonds. The number of amides is 1. The molecule has 2 saturated heterocycles. The molecule has 0 saturated carbocycles. The lowest BCUT2D eigenvalue weighted by Gasteiger charge is -2.33. The van der Waals surface area contributed by atoms with Crippen molar-refractivity contribution in [2.75, 3.05) is 13.0 Å². The molecule has 2 aliphatic heterocycles. The monoisotopic (exact) mass is 388 g/mol. The van der Waals surface area contributed by atoms with Gasteiger partial charge in [0.15, 0.2) is 0 Å². The van der Waals surface area contributed by atoms with Crippen LogP contribution in [-0.4, -0.2) is 57.7 Å². The van der Waals surface area contributed by atoms with Gasteiger partial charge in [-0.15, -0.1) is 0 Å². The second-order valence-corrected chi connectivity index (χ2v) is 8.26. The molecule has 0 atom stereocenters. The highest BCUT2D eigenvalue weighted by molar-refractivity contribution is 6.61. The molecule has 0 aromatic carbocycles. The summed E-state index contributed by atoms with van der Waals surface area (Å²) in [5.74, 6) is 0. The maximum atomic E-state index is 12.9. The molecule has 0 N–H and O–H groups in total. The van der Waals surface area contributed by atoms with E-state index in [4.69, 9.17) is 29.1 Å². The summed E-state index contributed by atoms with van der Waals surface area (Å²) < 4.78 is 111. The van der Waals surface area contributed by atoms with Gasteiger partial charge in [-0.05, 0) is 67.3 Å². The quantitative estimate of drug-likeness (QED) is 0.729. The number of carbonyl (C=O) groups excluding carboxylic acids is 1. The van der Waals surface area contributed by atoms with E-state index in [0.29, 0.717) is 0 Å². The van der Waals surface area contributed by atoms with Gasteiger partial charge in [0.05, 0.1) is 26.9 Å². The van der Waals surface area contributed by atoms with Crippen molar-refractivity contribution in [1.29, 1.82) is 0 Å². The van der Waals surface area contributed by atoms with E-state index >= 15 is 0 Å². The molecular formula is C19H32BN3O4. The molecule has 150 valence electrons. The molecule has 3 heterocycles. The van der Waals surface area contributed by atoms with Gasteiger partial charge in [0.1, 0.15) is 5.60 Å². The molecule has 7 nitrogen and oxygen atoms in total. The SMILES string of the molecule is [2H]c1c(B2OC(C)(C)C(C)(C)O2)nn(C2([2H])C([2H])([2H])C([2H])([2H])N(C(=O)OC(C)(C)C)C([2H])([2H])C2([2H])[2H])c1[2H]. The molecule has 0 unspecified atom stereocenters. The van der Waals surface area contributed by atoms with E-state index in [1.165, 1.54) is 20.8 Å². The first-order chi connectivity index (χ1) is 16.6. The second-order valence-electron chi connectivity index (χ2n) is 8.26. The lowest BCUT2D eigenvalue weighted by Crippen LogP contribution is -2.42. The molecule has 0 aliphatic carbocycles. The van der Waals surface area contributed by atoms with E-state index in [9.17, 15) is 4.79 Å². The summed E-state index contributed by atoms with van der Waals surface area (Å²) in [6.45, 7) is 3.63. The van der Waals surface area contributed by atoms with Gasteiger partial charge in [-0.3, -0.25) is 4.68 Å². The number of carbonyl (C=O) groups is 1. The third-order valence-electron chi connectivity index (χ3n) is 4.33. The highest BCUT2D eigenvalue weighted by atomic mass is 16.7. The van der Waals surface area contributed by atoms with E-state index in [0.717, 1.165) is 0 Å². The van der Waals surface area contributed by atoms with E-state index in [2.05, 4.69) is 5.10 Å². The fourth-order valence-corrected chi connectivity index (χ4v) is 2.22. The van der Waals surface area contributed by atoms with E-state index < -0.39 is 79.6 Å². The van der Waals surface area contributed by atoms with Crippen LogP contribution in [0.5, 0.6) is 0 Å². The number of hydrogen-bond donors (Lipinski definition) is 0. The fraction of sp³-hybridized carbons (Fsp3) is 0.789. The van der Waals surface area contributed by atoms with E-state index in [1.54, 1.807) is 27.7 Å². The van der Waals surface area contributed by atoms with Crippen LogP contribution in [0.25, 0.3) is 0 Å². The first kappa shape index (κ1) is 10.3. The Morgan fingerprint density at radius 3 is 2.41 bits per heavy atom. The van der Waals surface area contributed by atoms with Gasteiger partial charge in [0, 0.05) is 30.1 Å². The highest BCUT2D eigenvalue weighted by Gasteiger charge is 2.52. The van der Waals surface area contributed by atoms with Crippen molar-refractivity contribution in [3.05, 3.63) is 12.2 Å². The summed E-state index contributed by atoms with van der Waals surface area (Å²) in [5.41, 5.74) is -3.49. The summed E-state index contributed by atoms with van der Waals surface area (Å²) in [7, 11) is -1.37. The number of rotatable bonds is 2. The van der Waals surface area contributed by atoms with Crippen LogP contribution in [-0.2, 0) is 14.0 Å². The Labute approximate surface area is 177 Å². The van der Waals surface area contributed by atoms with Crippen LogP contribution in [0.1, 0.15) is 82.3 Å². The van der Waals surface area contributed by atoms with Crippen molar-refractivity contribution in [2.24, 2.45) is 0 Å². The Kier molecular flexibility index (Phi) is 2.60. The average molecular weight is 388 g/mol. The third kappa shape index (κ3) is 4.32. The predicted octanol–water partition coefficient (Wildman–Crippen LogP) is 2.75. The number of likely N-dealkylation sites (tertiary alicyclic amines) is 1. The van der Waals surface area contributed by atoms with Crippen LogP contribution in [0.3, 0.4) is 0 Å². The normalized spacial score (nSPS) is 37.5. The zero-order valence-corrected chi connectivity index (χ0v) is 16.6. The van der Waals surface area contributed by atoms with Crippen molar-refractivity contribution in [3.8, 4) is 0 Å². The molecule has 27 heavy (non-hydrogen) atoms. The Morgan fingerprint density at radius 1 is 1.33 bits per heavy atom. The summed E-state index contributed by atoms with van der Waals surface area (Å²) in [5, 5.41) is 3.93. The molecule has 0 radical (unpaired) electrons. The van der Waals surface area contributed by atoms with Gasteiger partial charge in [-0.25, -0.2) is 4.79 Å². The Morgan fingerprint density at radius 2 is 1.89 bits per heavy atom. The van der Waals surface area contributed by atoms with Crippen molar-refractivity contribution in [3.63, 3.8) is 0 Å². The van der Waals surface area contributed by atoms with Gasteiger partial charge in [-0.1, -0.05) is 0 Å². The summed E-state index contributed by atoms with van der Waals surface area (Å²) >= 11 is 0. The lowest BCUT2D eigenvalue weighted by atomic mass is 9.85. The van der Waals surface area contributed by atoms with Gasteiger partial charge >= 0.3 is 13.2 Å². The van der Waals surface area contributed by atoms with Crippen molar-refractivity contribution in [2.45, 2.75) is 84.0 Å². The van der Waals surface area contributed by atoms with Gasteiger partial charge in [0.2, 0.25) is 0 Å². The van der Waals surface area contributed by atoms with Crippen LogP contribution < -0.4 is 5.59 Å². The minimum atomic E-state index is -3.76. The molecule has 2 aliphatic rings. The topological polar surface area (TPSA) is 65.8 Å². The van der Waals surface area contributed by atoms with Gasteiger partial charge in [-0.2, -0.15) is 5.10 Å². The summed E-state index contributed by atoms with van der Waals surface area (Å²) in [4.78, 5) is 12.6. The van der Waals surface area contributed by atoms with Crippen molar-refractivity contribution < 1.29 is 33.9 Å². The van der Waals surface area contributed by atoms with Gasteiger partial charge in [0.25, 0.3) is 0 Å². The highest BCUT2D eigenvalue weighted by Crippen LogP contribution is 2.36. The molecule has 2 fully saturated rings. The maximum Gasteiger partial charge on any atom is 0.516 e. The standard InChI is InChI=1S/C19H32BN3O4/c1-17(2,3)25-16(24)22-11-8-14(9-12-22)23-13-10-15(21-23)20-26-18(4,5)19(6,7)27-20/h10,13-14H,8-9,11-12H2,1-7H3/i8D2,9D2,10D,11D2,12D2,13D,14D. The van der Waals surface area contributed by atoms with Crippen LogP contribution in [0.15, 0.2) is 12.2 Å². The summed E-state index contributed by atoms with van der Waals surface area (Å²) in [6, 6.07) is -4.36. The van der Waals surface area contributed by atoms with Gasteiger partial charge < -0.3 is 18.9 Å². The van der Waals surface area contributed by atoms with Crippen molar-refractivity contribution >= 4 is 18.8 Å². The van der Waals surface area contributed by atoms with E-state index in [-0.39, 0.29) is 9.58 Å².